The summed E-state index contributed by atoms with van der Waals surface area (Å²) in [6.45, 7) is 4.59. The molecule has 7 nitrogen and oxygen atoms in total. The number of rotatable bonds is 12. The number of nitrogens with one attached hydrogen (secondary N) is 1. The van der Waals surface area contributed by atoms with Crippen LogP contribution in [0.2, 0.25) is 5.02 Å². The Balaban J connectivity index is 2.14. The van der Waals surface area contributed by atoms with Gasteiger partial charge in [0.1, 0.15) is 6.04 Å². The van der Waals surface area contributed by atoms with Crippen LogP contribution in [0.15, 0.2) is 53.0 Å². The lowest BCUT2D eigenvalue weighted by Crippen LogP contribution is -2.47. The lowest BCUT2D eigenvalue weighted by molar-refractivity contribution is -0.140. The SMILES string of the molecule is CCCNC(=O)[C@H](C)N(Cc1ccc(Br)cc1)C(=O)CCCN(c1cccc(Cl)c1)S(C)(=O)=O. The minimum atomic E-state index is -3.56. The molecule has 186 valence electrons. The molecule has 2 amide bonds. The Kier molecular flexibility index (Phi) is 10.9. The lowest BCUT2D eigenvalue weighted by atomic mass is 10.1. The third kappa shape index (κ3) is 8.60. The molecule has 34 heavy (non-hydrogen) atoms. The highest BCUT2D eigenvalue weighted by Crippen LogP contribution is 2.23. The average molecular weight is 573 g/mol. The standard InChI is InChI=1S/C24H31BrClN3O4S/c1-4-14-27-24(31)18(2)28(17-19-10-12-20(25)13-11-19)23(30)9-6-15-29(34(3,32)33)22-8-5-7-21(26)16-22/h5,7-8,10-13,16,18H,4,6,9,14-15,17H2,1-3H3,(H,27,31)/t18-/m0/s1. The number of carbonyl (C=O) groups is 2. The van der Waals surface area contributed by atoms with Gasteiger partial charge in [0, 0.05) is 35.6 Å². The second-order valence-corrected chi connectivity index (χ2v) is 11.3. The Hall–Kier alpha value is -2.10. The number of benzene rings is 2. The first-order chi connectivity index (χ1) is 16.0. The van der Waals surface area contributed by atoms with E-state index in [0.29, 0.717) is 23.7 Å². The van der Waals surface area contributed by atoms with Crippen LogP contribution in [0.4, 0.5) is 5.69 Å². The zero-order chi connectivity index (χ0) is 25.3. The van der Waals surface area contributed by atoms with Crippen molar-refractivity contribution < 1.29 is 18.0 Å². The van der Waals surface area contributed by atoms with E-state index in [1.807, 2.05) is 31.2 Å². The van der Waals surface area contributed by atoms with Crippen molar-refractivity contribution in [2.24, 2.45) is 0 Å². The van der Waals surface area contributed by atoms with Crippen molar-refractivity contribution in [2.45, 2.75) is 45.7 Å². The van der Waals surface area contributed by atoms with Crippen LogP contribution in [0.25, 0.3) is 0 Å². The molecule has 2 aromatic carbocycles. The summed E-state index contributed by atoms with van der Waals surface area (Å²) < 4.78 is 26.9. The molecule has 10 heteroatoms. The fraction of sp³-hybridized carbons (Fsp3) is 0.417. The fourth-order valence-corrected chi connectivity index (χ4v) is 4.81. The van der Waals surface area contributed by atoms with E-state index in [4.69, 9.17) is 11.6 Å². The summed E-state index contributed by atoms with van der Waals surface area (Å²) in [6, 6.07) is 13.5. The van der Waals surface area contributed by atoms with E-state index in [1.54, 1.807) is 36.1 Å². The first-order valence-electron chi connectivity index (χ1n) is 11.1. The highest BCUT2D eigenvalue weighted by molar-refractivity contribution is 9.10. The van der Waals surface area contributed by atoms with Crippen molar-refractivity contribution in [1.82, 2.24) is 10.2 Å². The third-order valence-corrected chi connectivity index (χ3v) is 7.19. The van der Waals surface area contributed by atoms with Crippen LogP contribution >= 0.6 is 27.5 Å². The van der Waals surface area contributed by atoms with E-state index >= 15 is 0 Å². The highest BCUT2D eigenvalue weighted by atomic mass is 79.9. The van der Waals surface area contributed by atoms with E-state index in [9.17, 15) is 18.0 Å². The Bertz CT molecular complexity index is 1080. The summed E-state index contributed by atoms with van der Waals surface area (Å²) in [7, 11) is -3.56. The molecule has 0 aromatic heterocycles. The highest BCUT2D eigenvalue weighted by Gasteiger charge is 2.26. The van der Waals surface area contributed by atoms with Gasteiger partial charge >= 0.3 is 0 Å². The maximum absolute atomic E-state index is 13.2. The van der Waals surface area contributed by atoms with E-state index in [1.165, 1.54) is 4.31 Å². The molecule has 1 atom stereocenters. The number of carbonyl (C=O) groups excluding carboxylic acids is 2. The summed E-state index contributed by atoms with van der Waals surface area (Å²) in [5, 5.41) is 3.27. The van der Waals surface area contributed by atoms with Crippen molar-refractivity contribution in [3.05, 3.63) is 63.6 Å². The fourth-order valence-electron chi connectivity index (χ4n) is 3.40. The molecule has 0 spiro atoms. The molecule has 1 N–H and O–H groups in total. The van der Waals surface area contributed by atoms with Gasteiger partial charge in [0.2, 0.25) is 21.8 Å². The Morgan fingerprint density at radius 1 is 1.15 bits per heavy atom. The second kappa shape index (κ2) is 13.1. The largest absolute Gasteiger partial charge is 0.354 e. The van der Waals surface area contributed by atoms with E-state index in [-0.39, 0.29) is 31.3 Å². The number of anilines is 1. The van der Waals surface area contributed by atoms with Gasteiger partial charge in [-0.2, -0.15) is 0 Å². The molecule has 0 saturated carbocycles. The summed E-state index contributed by atoms with van der Waals surface area (Å²) in [4.78, 5) is 27.4. The third-order valence-electron chi connectivity index (χ3n) is 5.23. The Morgan fingerprint density at radius 2 is 1.82 bits per heavy atom. The molecule has 0 heterocycles. The van der Waals surface area contributed by atoms with Gasteiger partial charge in [-0.15, -0.1) is 0 Å². The van der Waals surface area contributed by atoms with Crippen molar-refractivity contribution >= 4 is 55.1 Å². The minimum Gasteiger partial charge on any atom is -0.354 e. The van der Waals surface area contributed by atoms with Gasteiger partial charge in [0.15, 0.2) is 0 Å². The number of amides is 2. The minimum absolute atomic E-state index is 0.0918. The van der Waals surface area contributed by atoms with Crippen LogP contribution in [0.5, 0.6) is 0 Å². The number of sulfonamides is 1. The molecular formula is C24H31BrClN3O4S. The summed E-state index contributed by atoms with van der Waals surface area (Å²) in [5.74, 6) is -0.439. The Morgan fingerprint density at radius 3 is 2.41 bits per heavy atom. The first-order valence-corrected chi connectivity index (χ1v) is 14.1. The van der Waals surface area contributed by atoms with Crippen molar-refractivity contribution in [3.8, 4) is 0 Å². The molecule has 0 radical (unpaired) electrons. The first kappa shape index (κ1) is 28.1. The van der Waals surface area contributed by atoms with Gasteiger partial charge in [-0.1, -0.05) is 52.7 Å². The molecule has 2 rings (SSSR count). The number of hydrogen-bond donors (Lipinski definition) is 1. The number of halogens is 2. The van der Waals surface area contributed by atoms with Crippen molar-refractivity contribution in [1.29, 1.82) is 0 Å². The molecule has 0 aliphatic carbocycles. The van der Waals surface area contributed by atoms with Crippen molar-refractivity contribution in [2.75, 3.05) is 23.7 Å². The van der Waals surface area contributed by atoms with Crippen LogP contribution in [0.3, 0.4) is 0 Å². The van der Waals surface area contributed by atoms with E-state index < -0.39 is 16.1 Å². The van der Waals surface area contributed by atoms with Gasteiger partial charge in [0.05, 0.1) is 11.9 Å². The topological polar surface area (TPSA) is 86.8 Å². The van der Waals surface area contributed by atoms with E-state index in [2.05, 4.69) is 21.2 Å². The van der Waals surface area contributed by atoms with Crippen molar-refractivity contribution in [3.63, 3.8) is 0 Å². The summed E-state index contributed by atoms with van der Waals surface area (Å²) in [5.41, 5.74) is 1.34. The molecule has 2 aromatic rings. The molecule has 0 aliphatic heterocycles. The maximum Gasteiger partial charge on any atom is 0.242 e. The predicted molar refractivity (Wildman–Crippen MR) is 140 cm³/mol. The van der Waals surface area contributed by atoms with Crippen LogP contribution in [0, 0.1) is 0 Å². The molecule has 0 saturated heterocycles. The number of hydrogen-bond acceptors (Lipinski definition) is 4. The second-order valence-electron chi connectivity index (χ2n) is 8.03. The Labute approximate surface area is 215 Å². The number of nitrogens with zero attached hydrogens (tertiary/aromatic N) is 2. The molecule has 0 unspecified atom stereocenters. The van der Waals surface area contributed by atoms with Gasteiger partial charge < -0.3 is 10.2 Å². The molecule has 0 fully saturated rings. The lowest BCUT2D eigenvalue weighted by Gasteiger charge is -2.29. The van der Waals surface area contributed by atoms with Crippen LogP contribution < -0.4 is 9.62 Å². The summed E-state index contributed by atoms with van der Waals surface area (Å²) in [6.07, 6.45) is 2.30. The molecule has 0 aliphatic rings. The van der Waals surface area contributed by atoms with Crippen LogP contribution in [0.1, 0.15) is 38.7 Å². The average Bonchev–Trinajstić information content (AvgIpc) is 2.78. The zero-order valence-electron chi connectivity index (χ0n) is 19.6. The van der Waals surface area contributed by atoms with Crippen LogP contribution in [-0.2, 0) is 26.2 Å². The van der Waals surface area contributed by atoms with Gasteiger partial charge in [-0.05, 0) is 55.7 Å². The van der Waals surface area contributed by atoms with Gasteiger partial charge in [-0.3, -0.25) is 13.9 Å². The molecule has 0 bridgehead atoms. The predicted octanol–water partition coefficient (Wildman–Crippen LogP) is 4.59. The van der Waals surface area contributed by atoms with Crippen LogP contribution in [-0.4, -0.2) is 50.5 Å². The smallest absolute Gasteiger partial charge is 0.242 e. The molecular weight excluding hydrogens is 542 g/mol. The van der Waals surface area contributed by atoms with Gasteiger partial charge in [-0.25, -0.2) is 8.42 Å². The zero-order valence-corrected chi connectivity index (χ0v) is 22.8. The quantitative estimate of drug-likeness (QED) is 0.403. The monoisotopic (exact) mass is 571 g/mol. The van der Waals surface area contributed by atoms with Gasteiger partial charge in [0.25, 0.3) is 0 Å². The maximum atomic E-state index is 13.2. The summed E-state index contributed by atoms with van der Waals surface area (Å²) >= 11 is 9.43. The van der Waals surface area contributed by atoms with E-state index in [0.717, 1.165) is 22.7 Å². The normalized spacial score (nSPS) is 12.1.